The van der Waals surface area contributed by atoms with E-state index in [0.29, 0.717) is 0 Å². The monoisotopic (exact) mass is 437 g/mol. The highest BCUT2D eigenvalue weighted by Gasteiger charge is 2.35. The van der Waals surface area contributed by atoms with Crippen LogP contribution in [0.15, 0.2) is 41.4 Å². The topological polar surface area (TPSA) is 67.1 Å². The summed E-state index contributed by atoms with van der Waals surface area (Å²) in [7, 11) is 1.96. The van der Waals surface area contributed by atoms with Crippen LogP contribution in [0.25, 0.3) is 10.6 Å². The molecule has 3 heterocycles. The van der Waals surface area contributed by atoms with Crippen LogP contribution in [0.1, 0.15) is 37.7 Å². The van der Waals surface area contributed by atoms with E-state index in [1.54, 1.807) is 11.3 Å². The van der Waals surface area contributed by atoms with Gasteiger partial charge in [0.2, 0.25) is 18.4 Å². The molecule has 3 aromatic rings. The average molecular weight is 438 g/mol. The van der Waals surface area contributed by atoms with Gasteiger partial charge in [-0.05, 0) is 48.7 Å². The van der Waals surface area contributed by atoms with Crippen LogP contribution < -0.4 is 23.7 Å². The molecule has 2 aliphatic heterocycles. The van der Waals surface area contributed by atoms with Gasteiger partial charge in [-0.25, -0.2) is 9.67 Å². The van der Waals surface area contributed by atoms with E-state index in [9.17, 15) is 0 Å². The lowest BCUT2D eigenvalue weighted by molar-refractivity contribution is 0.173. The van der Waals surface area contributed by atoms with Gasteiger partial charge in [-0.15, -0.1) is 0 Å². The molecule has 0 spiro atoms. The quantitative estimate of drug-likeness (QED) is 0.609. The molecule has 0 amide bonds. The standard InChI is InChI=1S/C23H23N3O4S/c1-26-22(31-21(25-26)15-5-7-17-19(11-15)29-13-27-17)24-23(9-3-2-4-10-23)16-6-8-18-20(12-16)30-14-28-18/h5-8,11-12H,2-4,9-10,13-14H2,1H3. The number of fused-ring (bicyclic) bond motifs is 2. The number of rotatable bonds is 3. The SMILES string of the molecule is Cn1nc(-c2ccc3c(c2)OCO3)sc1=NC1(c2ccc3c(c2)OCO3)CCCCC1. The molecule has 0 radical (unpaired) electrons. The summed E-state index contributed by atoms with van der Waals surface area (Å²) in [5.74, 6) is 3.16. The number of nitrogens with zero attached hydrogens (tertiary/aromatic N) is 3. The van der Waals surface area contributed by atoms with E-state index in [1.165, 1.54) is 12.0 Å². The largest absolute Gasteiger partial charge is 0.454 e. The van der Waals surface area contributed by atoms with Gasteiger partial charge in [-0.1, -0.05) is 36.7 Å². The first-order valence-corrected chi connectivity index (χ1v) is 11.4. The van der Waals surface area contributed by atoms with Gasteiger partial charge in [0.25, 0.3) is 0 Å². The van der Waals surface area contributed by atoms with Gasteiger partial charge in [-0.3, -0.25) is 0 Å². The van der Waals surface area contributed by atoms with Crippen LogP contribution in [-0.2, 0) is 12.6 Å². The zero-order valence-electron chi connectivity index (χ0n) is 17.3. The van der Waals surface area contributed by atoms with Crippen molar-refractivity contribution in [3.05, 3.63) is 46.8 Å². The van der Waals surface area contributed by atoms with E-state index in [2.05, 4.69) is 12.1 Å². The van der Waals surface area contributed by atoms with Crippen molar-refractivity contribution in [3.63, 3.8) is 0 Å². The summed E-state index contributed by atoms with van der Waals surface area (Å²) in [5, 5.41) is 5.67. The summed E-state index contributed by atoms with van der Waals surface area (Å²) < 4.78 is 24.0. The summed E-state index contributed by atoms with van der Waals surface area (Å²) in [6, 6.07) is 12.2. The number of hydrogen-bond acceptors (Lipinski definition) is 7. The maximum atomic E-state index is 5.65. The highest BCUT2D eigenvalue weighted by molar-refractivity contribution is 7.12. The molecule has 0 saturated heterocycles. The van der Waals surface area contributed by atoms with E-state index in [4.69, 9.17) is 29.0 Å². The number of benzene rings is 2. The molecule has 1 aliphatic carbocycles. The number of ether oxygens (including phenoxy) is 4. The fraction of sp³-hybridized carbons (Fsp3) is 0.391. The number of aromatic nitrogens is 2. The first-order valence-electron chi connectivity index (χ1n) is 10.6. The Morgan fingerprint density at radius 3 is 2.32 bits per heavy atom. The third kappa shape index (κ3) is 3.26. The predicted octanol–water partition coefficient (Wildman–Crippen LogP) is 4.37. The molecule has 7 nitrogen and oxygen atoms in total. The van der Waals surface area contributed by atoms with Crippen LogP contribution in [0, 0.1) is 0 Å². The van der Waals surface area contributed by atoms with Crippen molar-refractivity contribution in [2.24, 2.45) is 12.0 Å². The van der Waals surface area contributed by atoms with Crippen LogP contribution in [0.5, 0.6) is 23.0 Å². The lowest BCUT2D eigenvalue weighted by Crippen LogP contribution is -2.30. The van der Waals surface area contributed by atoms with E-state index in [-0.39, 0.29) is 19.1 Å². The summed E-state index contributed by atoms with van der Waals surface area (Å²) in [4.78, 5) is 6.24. The van der Waals surface area contributed by atoms with Gasteiger partial charge in [0.15, 0.2) is 23.0 Å². The maximum absolute atomic E-state index is 5.65. The Morgan fingerprint density at radius 1 is 0.871 bits per heavy atom. The van der Waals surface area contributed by atoms with Crippen LogP contribution in [-0.4, -0.2) is 23.4 Å². The molecule has 2 aromatic carbocycles. The smallest absolute Gasteiger partial charge is 0.231 e. The number of hydrogen-bond donors (Lipinski definition) is 0. The first-order chi connectivity index (χ1) is 15.2. The van der Waals surface area contributed by atoms with Crippen molar-refractivity contribution in [1.29, 1.82) is 0 Å². The third-order valence-corrected chi connectivity index (χ3v) is 7.27. The van der Waals surface area contributed by atoms with Crippen molar-refractivity contribution in [2.75, 3.05) is 13.6 Å². The molecule has 8 heteroatoms. The molecular formula is C23H23N3O4S. The fourth-order valence-electron chi connectivity index (χ4n) is 4.56. The van der Waals surface area contributed by atoms with Crippen LogP contribution in [0.2, 0.25) is 0 Å². The molecule has 0 unspecified atom stereocenters. The van der Waals surface area contributed by atoms with Crippen LogP contribution in [0.3, 0.4) is 0 Å². The summed E-state index contributed by atoms with van der Waals surface area (Å²) in [6.07, 6.45) is 5.61. The van der Waals surface area contributed by atoms with Crippen molar-refractivity contribution in [3.8, 4) is 33.6 Å². The molecule has 1 aromatic heterocycles. The molecule has 3 aliphatic rings. The molecule has 31 heavy (non-hydrogen) atoms. The molecule has 0 bridgehead atoms. The Morgan fingerprint density at radius 2 is 1.55 bits per heavy atom. The van der Waals surface area contributed by atoms with E-state index in [1.807, 2.05) is 36.0 Å². The van der Waals surface area contributed by atoms with Crippen molar-refractivity contribution >= 4 is 11.3 Å². The fourth-order valence-corrected chi connectivity index (χ4v) is 5.54. The molecule has 160 valence electrons. The summed E-state index contributed by atoms with van der Waals surface area (Å²) in [6.45, 7) is 0.550. The van der Waals surface area contributed by atoms with Crippen molar-refractivity contribution in [1.82, 2.24) is 9.78 Å². The molecule has 0 N–H and O–H groups in total. The lowest BCUT2D eigenvalue weighted by atomic mass is 9.77. The Labute approximate surface area is 183 Å². The minimum absolute atomic E-state index is 0.267. The zero-order valence-corrected chi connectivity index (χ0v) is 18.1. The molecule has 1 fully saturated rings. The Bertz CT molecular complexity index is 1210. The summed E-state index contributed by atoms with van der Waals surface area (Å²) in [5.41, 5.74) is 1.93. The minimum Gasteiger partial charge on any atom is -0.454 e. The van der Waals surface area contributed by atoms with Gasteiger partial charge < -0.3 is 18.9 Å². The lowest BCUT2D eigenvalue weighted by Gasteiger charge is -2.34. The third-order valence-electron chi connectivity index (χ3n) is 6.23. The average Bonchev–Trinajstić information content (AvgIpc) is 3.53. The van der Waals surface area contributed by atoms with Gasteiger partial charge in [0.1, 0.15) is 5.01 Å². The number of aryl methyl sites for hydroxylation is 1. The zero-order chi connectivity index (χ0) is 20.8. The molecular weight excluding hydrogens is 414 g/mol. The van der Waals surface area contributed by atoms with Gasteiger partial charge in [0.05, 0.1) is 5.54 Å². The maximum Gasteiger partial charge on any atom is 0.231 e. The molecule has 1 saturated carbocycles. The Kier molecular flexibility index (Phi) is 4.41. The van der Waals surface area contributed by atoms with Gasteiger partial charge in [0, 0.05) is 12.6 Å². The van der Waals surface area contributed by atoms with Gasteiger partial charge >= 0.3 is 0 Å². The van der Waals surface area contributed by atoms with E-state index in [0.717, 1.165) is 64.1 Å². The normalized spacial score (nSPS) is 19.1. The van der Waals surface area contributed by atoms with E-state index >= 15 is 0 Å². The second-order valence-corrected chi connectivity index (χ2v) is 9.11. The van der Waals surface area contributed by atoms with Crippen LogP contribution in [0.4, 0.5) is 0 Å². The van der Waals surface area contributed by atoms with Crippen molar-refractivity contribution < 1.29 is 18.9 Å². The summed E-state index contributed by atoms with van der Waals surface area (Å²) >= 11 is 1.60. The predicted molar refractivity (Wildman–Crippen MR) is 116 cm³/mol. The van der Waals surface area contributed by atoms with Crippen molar-refractivity contribution in [2.45, 2.75) is 37.6 Å². The second kappa shape index (κ2) is 7.30. The second-order valence-electron chi connectivity index (χ2n) is 8.15. The highest BCUT2D eigenvalue weighted by atomic mass is 32.1. The first kappa shape index (κ1) is 18.7. The van der Waals surface area contributed by atoms with E-state index < -0.39 is 0 Å². The molecule has 0 atom stereocenters. The van der Waals surface area contributed by atoms with Gasteiger partial charge in [-0.2, -0.15) is 5.10 Å². The highest BCUT2D eigenvalue weighted by Crippen LogP contribution is 2.44. The Hall–Kier alpha value is -3.00. The Balaban J connectivity index is 1.43. The minimum atomic E-state index is -0.268. The van der Waals surface area contributed by atoms with Crippen LogP contribution >= 0.6 is 11.3 Å². The molecule has 6 rings (SSSR count).